The number of nitrogens with zero attached hydrogens (tertiary/aromatic N) is 1. The molecule has 1 N–H and O–H groups in total. The van der Waals surface area contributed by atoms with Gasteiger partial charge in [-0.05, 0) is 51.1 Å². The minimum atomic E-state index is -0.336. The van der Waals surface area contributed by atoms with Crippen molar-refractivity contribution in [2.75, 3.05) is 20.6 Å². The Morgan fingerprint density at radius 2 is 1.94 bits per heavy atom. The van der Waals surface area contributed by atoms with E-state index in [0.29, 0.717) is 0 Å². The lowest BCUT2D eigenvalue weighted by atomic mass is 10.1. The van der Waals surface area contributed by atoms with Gasteiger partial charge in [0, 0.05) is 16.7 Å². The SMILES string of the molecule is CN(C)CCC(O)c1ccc(SC2CC2)cc1. The van der Waals surface area contributed by atoms with Gasteiger partial charge in [0.2, 0.25) is 0 Å². The zero-order valence-corrected chi connectivity index (χ0v) is 11.4. The van der Waals surface area contributed by atoms with Gasteiger partial charge in [-0.25, -0.2) is 0 Å². The maximum atomic E-state index is 10.0. The largest absolute Gasteiger partial charge is 0.388 e. The highest BCUT2D eigenvalue weighted by Gasteiger charge is 2.22. The molecule has 94 valence electrons. The fourth-order valence-corrected chi connectivity index (χ4v) is 2.74. The van der Waals surface area contributed by atoms with Crippen LogP contribution in [0.15, 0.2) is 29.2 Å². The molecule has 1 fully saturated rings. The quantitative estimate of drug-likeness (QED) is 0.841. The monoisotopic (exact) mass is 251 g/mol. The molecule has 0 radical (unpaired) electrons. The first-order chi connectivity index (χ1) is 8.15. The topological polar surface area (TPSA) is 23.5 Å². The van der Waals surface area contributed by atoms with Crippen molar-refractivity contribution in [3.05, 3.63) is 29.8 Å². The number of benzene rings is 1. The van der Waals surface area contributed by atoms with Crippen molar-refractivity contribution < 1.29 is 5.11 Å². The molecule has 17 heavy (non-hydrogen) atoms. The highest BCUT2D eigenvalue weighted by Crippen LogP contribution is 2.39. The second kappa shape index (κ2) is 5.89. The maximum absolute atomic E-state index is 10.0. The summed E-state index contributed by atoms with van der Waals surface area (Å²) in [4.78, 5) is 3.43. The third-order valence-corrected chi connectivity index (χ3v) is 4.29. The smallest absolute Gasteiger partial charge is 0.0802 e. The van der Waals surface area contributed by atoms with Gasteiger partial charge >= 0.3 is 0 Å². The van der Waals surface area contributed by atoms with E-state index in [1.807, 2.05) is 25.9 Å². The van der Waals surface area contributed by atoms with Crippen LogP contribution in [0.3, 0.4) is 0 Å². The molecule has 0 heterocycles. The lowest BCUT2D eigenvalue weighted by Gasteiger charge is -2.14. The van der Waals surface area contributed by atoms with Gasteiger partial charge in [0.25, 0.3) is 0 Å². The summed E-state index contributed by atoms with van der Waals surface area (Å²) in [6.45, 7) is 0.916. The van der Waals surface area contributed by atoms with Crippen molar-refractivity contribution >= 4 is 11.8 Å². The molecule has 1 aliphatic carbocycles. The predicted molar refractivity (Wildman–Crippen MR) is 73.5 cm³/mol. The summed E-state index contributed by atoms with van der Waals surface area (Å²) < 4.78 is 0. The Balaban J connectivity index is 1.87. The Labute approximate surface area is 108 Å². The molecule has 0 aromatic heterocycles. The zero-order chi connectivity index (χ0) is 12.3. The molecule has 3 heteroatoms. The van der Waals surface area contributed by atoms with E-state index in [4.69, 9.17) is 0 Å². The number of aliphatic hydroxyl groups excluding tert-OH is 1. The second-order valence-corrected chi connectivity index (χ2v) is 6.37. The second-order valence-electron chi connectivity index (χ2n) is 4.99. The number of aliphatic hydroxyl groups is 1. The Morgan fingerprint density at radius 1 is 1.29 bits per heavy atom. The van der Waals surface area contributed by atoms with Gasteiger partial charge < -0.3 is 10.0 Å². The Kier molecular flexibility index (Phi) is 4.48. The van der Waals surface area contributed by atoms with E-state index < -0.39 is 0 Å². The van der Waals surface area contributed by atoms with E-state index in [-0.39, 0.29) is 6.10 Å². The summed E-state index contributed by atoms with van der Waals surface area (Å²) in [5.74, 6) is 0. The van der Waals surface area contributed by atoms with Crippen molar-refractivity contribution in [1.29, 1.82) is 0 Å². The van der Waals surface area contributed by atoms with Crippen molar-refractivity contribution in [2.45, 2.75) is 35.5 Å². The van der Waals surface area contributed by atoms with Gasteiger partial charge in [-0.1, -0.05) is 12.1 Å². The third kappa shape index (κ3) is 4.34. The zero-order valence-electron chi connectivity index (χ0n) is 10.6. The fraction of sp³-hybridized carbons (Fsp3) is 0.571. The molecule has 0 saturated heterocycles. The molecule has 1 atom stereocenters. The molecular weight excluding hydrogens is 230 g/mol. The van der Waals surface area contributed by atoms with Gasteiger partial charge in [0.1, 0.15) is 0 Å². The number of hydrogen-bond donors (Lipinski definition) is 1. The van der Waals surface area contributed by atoms with Gasteiger partial charge in [-0.15, -0.1) is 11.8 Å². The lowest BCUT2D eigenvalue weighted by molar-refractivity contribution is 0.154. The summed E-state index contributed by atoms with van der Waals surface area (Å²) >= 11 is 1.96. The van der Waals surface area contributed by atoms with Crippen LogP contribution in [0.25, 0.3) is 0 Å². The summed E-state index contributed by atoms with van der Waals surface area (Å²) in [7, 11) is 4.06. The van der Waals surface area contributed by atoms with Gasteiger partial charge in [-0.3, -0.25) is 0 Å². The van der Waals surface area contributed by atoms with E-state index in [1.165, 1.54) is 17.7 Å². The van der Waals surface area contributed by atoms with Gasteiger partial charge in [0.05, 0.1) is 6.10 Å². The molecule has 0 aliphatic heterocycles. The van der Waals surface area contributed by atoms with E-state index in [2.05, 4.69) is 29.2 Å². The van der Waals surface area contributed by atoms with Crippen LogP contribution in [-0.4, -0.2) is 35.9 Å². The minimum Gasteiger partial charge on any atom is -0.388 e. The van der Waals surface area contributed by atoms with Crippen LogP contribution in [0.5, 0.6) is 0 Å². The molecule has 1 saturated carbocycles. The molecule has 2 rings (SSSR count). The van der Waals surface area contributed by atoms with Crippen molar-refractivity contribution in [3.63, 3.8) is 0 Å². The molecule has 1 unspecified atom stereocenters. The highest BCUT2D eigenvalue weighted by molar-refractivity contribution is 8.00. The number of hydrogen-bond acceptors (Lipinski definition) is 3. The Bertz CT molecular complexity index is 346. The lowest BCUT2D eigenvalue weighted by Crippen LogP contribution is -2.15. The molecule has 0 spiro atoms. The Hall–Kier alpha value is -0.510. The van der Waals surface area contributed by atoms with Gasteiger partial charge in [0.15, 0.2) is 0 Å². The summed E-state index contributed by atoms with van der Waals surface area (Å²) in [6, 6.07) is 8.39. The van der Waals surface area contributed by atoms with Crippen LogP contribution in [0, 0.1) is 0 Å². The average Bonchev–Trinajstić information content (AvgIpc) is 3.11. The Morgan fingerprint density at radius 3 is 2.47 bits per heavy atom. The van der Waals surface area contributed by atoms with Crippen molar-refractivity contribution in [2.24, 2.45) is 0 Å². The number of rotatable bonds is 6. The first-order valence-electron chi connectivity index (χ1n) is 6.24. The molecule has 0 amide bonds. The summed E-state index contributed by atoms with van der Waals surface area (Å²) in [5, 5.41) is 10.9. The van der Waals surface area contributed by atoms with Crippen LogP contribution >= 0.6 is 11.8 Å². The van der Waals surface area contributed by atoms with Gasteiger partial charge in [-0.2, -0.15) is 0 Å². The van der Waals surface area contributed by atoms with Crippen LogP contribution in [0.4, 0.5) is 0 Å². The summed E-state index contributed by atoms with van der Waals surface area (Å²) in [6.07, 6.45) is 3.18. The fourth-order valence-electron chi connectivity index (χ4n) is 1.69. The summed E-state index contributed by atoms with van der Waals surface area (Å²) in [5.41, 5.74) is 1.03. The predicted octanol–water partition coefficient (Wildman–Crippen LogP) is 2.93. The minimum absolute atomic E-state index is 0.336. The third-order valence-electron chi connectivity index (χ3n) is 2.94. The van der Waals surface area contributed by atoms with E-state index >= 15 is 0 Å². The molecule has 0 bridgehead atoms. The van der Waals surface area contributed by atoms with E-state index in [9.17, 15) is 5.11 Å². The first kappa shape index (κ1) is 12.9. The van der Waals surface area contributed by atoms with Crippen LogP contribution in [0.2, 0.25) is 0 Å². The first-order valence-corrected chi connectivity index (χ1v) is 7.12. The molecule has 1 aromatic rings. The molecular formula is C14H21NOS. The number of thioether (sulfide) groups is 1. The van der Waals surface area contributed by atoms with E-state index in [0.717, 1.165) is 23.8 Å². The maximum Gasteiger partial charge on any atom is 0.0802 e. The van der Waals surface area contributed by atoms with Crippen LogP contribution < -0.4 is 0 Å². The normalized spacial score (nSPS) is 17.4. The molecule has 1 aromatic carbocycles. The van der Waals surface area contributed by atoms with E-state index in [1.54, 1.807) is 0 Å². The average molecular weight is 251 g/mol. The standard InChI is InChI=1S/C14H21NOS/c1-15(2)10-9-14(16)11-3-5-12(6-4-11)17-13-7-8-13/h3-6,13-14,16H,7-10H2,1-2H3. The van der Waals surface area contributed by atoms with Crippen molar-refractivity contribution in [1.82, 2.24) is 4.90 Å². The molecule has 2 nitrogen and oxygen atoms in total. The van der Waals surface area contributed by atoms with Crippen LogP contribution in [-0.2, 0) is 0 Å². The molecule has 1 aliphatic rings. The van der Waals surface area contributed by atoms with Crippen molar-refractivity contribution in [3.8, 4) is 0 Å². The van der Waals surface area contributed by atoms with Crippen LogP contribution in [0.1, 0.15) is 30.9 Å². The highest BCUT2D eigenvalue weighted by atomic mass is 32.2.